The van der Waals surface area contributed by atoms with E-state index in [1.165, 1.54) is 12.3 Å². The Bertz CT molecular complexity index is 346. The summed E-state index contributed by atoms with van der Waals surface area (Å²) in [6, 6.07) is 3.12. The normalized spacial score (nSPS) is 8.58. The lowest BCUT2D eigenvalue weighted by atomic mass is 10.3. The molecule has 0 saturated heterocycles. The first kappa shape index (κ1) is 8.43. The highest BCUT2D eigenvalue weighted by molar-refractivity contribution is 7.78. The molecule has 1 rings (SSSR count). The molecule has 0 bridgehead atoms. The van der Waals surface area contributed by atoms with Crippen LogP contribution >= 0.6 is 12.2 Å². The minimum absolute atomic E-state index is 0.0793. The Morgan fingerprint density at radius 1 is 1.75 bits per heavy atom. The Morgan fingerprint density at radius 3 is 3.08 bits per heavy atom. The van der Waals surface area contributed by atoms with Crippen LogP contribution in [0.5, 0.6) is 11.5 Å². The van der Waals surface area contributed by atoms with Gasteiger partial charge in [0.05, 0.1) is 0 Å². The number of nitriles is 1. The van der Waals surface area contributed by atoms with Gasteiger partial charge in [0.15, 0.2) is 22.7 Å². The van der Waals surface area contributed by atoms with Gasteiger partial charge in [0, 0.05) is 12.3 Å². The molecule has 12 heavy (non-hydrogen) atoms. The maximum Gasteiger partial charge on any atom is 0.195 e. The van der Waals surface area contributed by atoms with Gasteiger partial charge in [-0.1, -0.05) is 0 Å². The van der Waals surface area contributed by atoms with Gasteiger partial charge in [-0.25, -0.2) is 4.98 Å². The van der Waals surface area contributed by atoms with Crippen molar-refractivity contribution in [2.75, 3.05) is 0 Å². The highest BCUT2D eigenvalue weighted by Crippen LogP contribution is 2.26. The zero-order valence-corrected chi connectivity index (χ0v) is 6.71. The van der Waals surface area contributed by atoms with E-state index in [0.29, 0.717) is 0 Å². The maximum atomic E-state index is 9.24. The fourth-order valence-corrected chi connectivity index (χ4v) is 0.769. The summed E-state index contributed by atoms with van der Waals surface area (Å²) in [6.07, 6.45) is 1.35. The van der Waals surface area contributed by atoms with Crippen molar-refractivity contribution in [2.24, 2.45) is 0 Å². The van der Waals surface area contributed by atoms with Crippen molar-refractivity contribution < 1.29 is 9.84 Å². The van der Waals surface area contributed by atoms with Crippen LogP contribution in [0.3, 0.4) is 0 Å². The minimum atomic E-state index is -0.291. The van der Waals surface area contributed by atoms with Crippen LogP contribution in [0, 0.1) is 11.3 Å². The van der Waals surface area contributed by atoms with Crippen molar-refractivity contribution in [3.63, 3.8) is 0 Å². The second-order valence-corrected chi connectivity index (χ2v) is 2.02. The Hall–Kier alpha value is -1.67. The number of aromatic nitrogens is 1. The third-order valence-corrected chi connectivity index (χ3v) is 1.26. The molecule has 0 amide bonds. The molecule has 0 saturated carbocycles. The standard InChI is InChI=1S/C7H4N2O2S/c8-3-5-7(10)6(11-4-12)1-2-9-5/h1-2,4,10H. The lowest BCUT2D eigenvalue weighted by molar-refractivity contribution is 0.436. The van der Waals surface area contributed by atoms with Gasteiger partial charge in [0.25, 0.3) is 0 Å². The molecule has 0 radical (unpaired) electrons. The molecule has 4 nitrogen and oxygen atoms in total. The van der Waals surface area contributed by atoms with Crippen molar-refractivity contribution >= 4 is 17.8 Å². The summed E-state index contributed by atoms with van der Waals surface area (Å²) in [5.74, 6) is -0.155. The van der Waals surface area contributed by atoms with Crippen molar-refractivity contribution in [3.8, 4) is 17.6 Å². The van der Waals surface area contributed by atoms with Crippen LogP contribution < -0.4 is 4.74 Å². The van der Waals surface area contributed by atoms with Crippen LogP contribution in [0.25, 0.3) is 0 Å². The number of ether oxygens (including phenoxy) is 1. The average molecular weight is 180 g/mol. The SMILES string of the molecule is N#Cc1nccc(OC=S)c1O. The molecule has 1 N–H and O–H groups in total. The first-order valence-corrected chi connectivity index (χ1v) is 3.45. The monoisotopic (exact) mass is 180 g/mol. The fraction of sp³-hybridized carbons (Fsp3) is 0. The van der Waals surface area contributed by atoms with Crippen molar-refractivity contribution in [2.45, 2.75) is 0 Å². The van der Waals surface area contributed by atoms with E-state index < -0.39 is 0 Å². The molecule has 1 aromatic rings. The third-order valence-electron chi connectivity index (χ3n) is 1.17. The lowest BCUT2D eigenvalue weighted by Gasteiger charge is -2.01. The van der Waals surface area contributed by atoms with Gasteiger partial charge in [-0.2, -0.15) is 5.26 Å². The molecular weight excluding hydrogens is 176 g/mol. The van der Waals surface area contributed by atoms with Crippen molar-refractivity contribution in [1.29, 1.82) is 5.26 Å². The number of thiocarbonyl (C=S) groups is 1. The zero-order valence-electron chi connectivity index (χ0n) is 5.89. The molecule has 0 fully saturated rings. The van der Waals surface area contributed by atoms with E-state index in [0.717, 1.165) is 5.55 Å². The van der Waals surface area contributed by atoms with E-state index >= 15 is 0 Å². The first-order chi connectivity index (χ1) is 5.79. The molecular formula is C7H4N2O2S. The molecule has 1 heterocycles. The molecule has 0 spiro atoms. The maximum absolute atomic E-state index is 9.24. The Morgan fingerprint density at radius 2 is 2.50 bits per heavy atom. The van der Waals surface area contributed by atoms with Crippen molar-refractivity contribution in [1.82, 2.24) is 4.98 Å². The number of hydrogen-bond acceptors (Lipinski definition) is 5. The van der Waals surface area contributed by atoms with Gasteiger partial charge in [0.1, 0.15) is 6.07 Å². The Balaban J connectivity index is 3.15. The molecule has 1 aromatic heterocycles. The molecule has 0 atom stereocenters. The summed E-state index contributed by atoms with van der Waals surface area (Å²) in [5.41, 5.74) is 0.917. The number of rotatable bonds is 2. The van der Waals surface area contributed by atoms with E-state index in [9.17, 15) is 5.11 Å². The molecule has 5 heteroatoms. The largest absolute Gasteiger partial charge is 0.502 e. The van der Waals surface area contributed by atoms with Crippen LogP contribution in [0.1, 0.15) is 5.69 Å². The number of pyridine rings is 1. The summed E-state index contributed by atoms with van der Waals surface area (Å²) in [5, 5.41) is 17.7. The van der Waals surface area contributed by atoms with Gasteiger partial charge < -0.3 is 9.84 Å². The Labute approximate surface area is 74.0 Å². The van der Waals surface area contributed by atoms with E-state index in [1.54, 1.807) is 6.07 Å². The number of hydrogen-bond donors (Lipinski definition) is 1. The van der Waals surface area contributed by atoms with E-state index in [-0.39, 0.29) is 17.2 Å². The second-order valence-electron chi connectivity index (χ2n) is 1.83. The highest BCUT2D eigenvalue weighted by atomic mass is 32.1. The van der Waals surface area contributed by atoms with E-state index in [4.69, 9.17) is 10.00 Å². The second kappa shape index (κ2) is 3.64. The molecule has 0 aliphatic rings. The third kappa shape index (κ3) is 1.49. The molecule has 0 unspecified atom stereocenters. The van der Waals surface area contributed by atoms with Gasteiger partial charge in [-0.05, 0) is 12.2 Å². The van der Waals surface area contributed by atoms with Gasteiger partial charge in [-0.3, -0.25) is 0 Å². The lowest BCUT2D eigenvalue weighted by Crippen LogP contribution is -1.90. The van der Waals surface area contributed by atoms with Crippen LogP contribution in [0.2, 0.25) is 0 Å². The van der Waals surface area contributed by atoms with E-state index in [1.807, 2.05) is 0 Å². The summed E-state index contributed by atoms with van der Waals surface area (Å²) in [4.78, 5) is 3.60. The first-order valence-electron chi connectivity index (χ1n) is 2.98. The zero-order chi connectivity index (χ0) is 8.97. The summed E-state index contributed by atoms with van der Waals surface area (Å²) in [7, 11) is 0. The quantitative estimate of drug-likeness (QED) is 0.687. The Kier molecular flexibility index (Phi) is 2.56. The topological polar surface area (TPSA) is 66.1 Å². The molecule has 0 aliphatic heterocycles. The van der Waals surface area contributed by atoms with E-state index in [2.05, 4.69) is 17.2 Å². The number of nitrogens with zero attached hydrogens (tertiary/aromatic N) is 2. The minimum Gasteiger partial charge on any atom is -0.502 e. The fourth-order valence-electron chi connectivity index (χ4n) is 0.665. The average Bonchev–Trinajstić information content (AvgIpc) is 2.09. The number of aromatic hydroxyl groups is 1. The predicted molar refractivity (Wildman–Crippen MR) is 44.9 cm³/mol. The predicted octanol–water partition coefficient (Wildman–Crippen LogP) is 0.995. The van der Waals surface area contributed by atoms with Gasteiger partial charge >= 0.3 is 0 Å². The van der Waals surface area contributed by atoms with Crippen LogP contribution in [-0.4, -0.2) is 15.6 Å². The highest BCUT2D eigenvalue weighted by Gasteiger charge is 2.07. The summed E-state index contributed by atoms with van der Waals surface area (Å²) < 4.78 is 4.73. The molecule has 0 aliphatic carbocycles. The summed E-state index contributed by atoms with van der Waals surface area (Å²) in [6.45, 7) is 0. The van der Waals surface area contributed by atoms with Crippen LogP contribution in [0.4, 0.5) is 0 Å². The van der Waals surface area contributed by atoms with Gasteiger partial charge in [-0.15, -0.1) is 0 Å². The van der Waals surface area contributed by atoms with Crippen LogP contribution in [-0.2, 0) is 0 Å². The smallest absolute Gasteiger partial charge is 0.195 e. The molecule has 60 valence electrons. The van der Waals surface area contributed by atoms with Crippen molar-refractivity contribution in [3.05, 3.63) is 18.0 Å². The summed E-state index contributed by atoms with van der Waals surface area (Å²) >= 11 is 4.41. The van der Waals surface area contributed by atoms with Gasteiger partial charge in [0.2, 0.25) is 0 Å². The molecule has 0 aromatic carbocycles. The van der Waals surface area contributed by atoms with Crippen LogP contribution in [0.15, 0.2) is 12.3 Å².